The van der Waals surface area contributed by atoms with E-state index in [1.54, 1.807) is 0 Å². The molecule has 1 N–H and O–H groups in total. The van der Waals surface area contributed by atoms with E-state index in [0.29, 0.717) is 6.04 Å². The van der Waals surface area contributed by atoms with Crippen molar-refractivity contribution in [3.63, 3.8) is 0 Å². The summed E-state index contributed by atoms with van der Waals surface area (Å²) in [5.74, 6) is 0.921. The highest BCUT2D eigenvalue weighted by atomic mass is 16.5. The standard InChI is InChI=1S/C18H24N2O/c1-12-15(13(2)21-20-12)11-19-17-9-10-18(3,4)16-8-6-5-7-14(16)17/h5-8,17,19H,9-11H2,1-4H3. The molecule has 1 unspecified atom stereocenters. The fourth-order valence-electron chi connectivity index (χ4n) is 3.40. The lowest BCUT2D eigenvalue weighted by Gasteiger charge is -2.37. The third kappa shape index (κ3) is 2.62. The maximum absolute atomic E-state index is 5.25. The third-order valence-corrected chi connectivity index (χ3v) is 4.83. The summed E-state index contributed by atoms with van der Waals surface area (Å²) in [5.41, 5.74) is 5.38. The van der Waals surface area contributed by atoms with Crippen molar-refractivity contribution >= 4 is 0 Å². The maximum Gasteiger partial charge on any atom is 0.138 e. The molecule has 0 amide bonds. The van der Waals surface area contributed by atoms with Crippen molar-refractivity contribution in [3.05, 3.63) is 52.4 Å². The zero-order chi connectivity index (χ0) is 15.0. The van der Waals surface area contributed by atoms with Crippen LogP contribution in [0.3, 0.4) is 0 Å². The van der Waals surface area contributed by atoms with Gasteiger partial charge < -0.3 is 9.84 Å². The summed E-state index contributed by atoms with van der Waals surface area (Å²) in [7, 11) is 0. The van der Waals surface area contributed by atoms with Gasteiger partial charge in [0.1, 0.15) is 5.76 Å². The molecule has 2 aromatic rings. The number of nitrogens with zero attached hydrogens (tertiary/aromatic N) is 1. The molecular weight excluding hydrogens is 260 g/mol. The minimum Gasteiger partial charge on any atom is -0.361 e. The summed E-state index contributed by atoms with van der Waals surface area (Å²) in [6.45, 7) is 9.49. The normalized spacial score (nSPS) is 20.3. The number of benzene rings is 1. The summed E-state index contributed by atoms with van der Waals surface area (Å²) in [5, 5.41) is 7.73. The minimum absolute atomic E-state index is 0.276. The zero-order valence-corrected chi connectivity index (χ0v) is 13.4. The van der Waals surface area contributed by atoms with E-state index in [9.17, 15) is 0 Å². The second kappa shape index (κ2) is 5.30. The first-order valence-electron chi connectivity index (χ1n) is 7.73. The summed E-state index contributed by atoms with van der Waals surface area (Å²) >= 11 is 0. The van der Waals surface area contributed by atoms with Crippen LogP contribution < -0.4 is 5.32 Å². The summed E-state index contributed by atoms with van der Waals surface area (Å²) in [4.78, 5) is 0. The Bertz CT molecular complexity index is 623. The Morgan fingerprint density at radius 3 is 2.76 bits per heavy atom. The molecule has 1 aliphatic carbocycles. The van der Waals surface area contributed by atoms with E-state index >= 15 is 0 Å². The number of aryl methyl sites for hydroxylation is 2. The first-order chi connectivity index (χ1) is 9.99. The summed E-state index contributed by atoms with van der Waals surface area (Å²) in [6, 6.07) is 9.26. The third-order valence-electron chi connectivity index (χ3n) is 4.83. The SMILES string of the molecule is Cc1noc(C)c1CNC1CCC(C)(C)c2ccccc21. The summed E-state index contributed by atoms with van der Waals surface area (Å²) < 4.78 is 5.25. The quantitative estimate of drug-likeness (QED) is 0.918. The Morgan fingerprint density at radius 2 is 2.05 bits per heavy atom. The van der Waals surface area contributed by atoms with Gasteiger partial charge in [-0.05, 0) is 43.2 Å². The molecule has 112 valence electrons. The average Bonchev–Trinajstić information content (AvgIpc) is 2.78. The fourth-order valence-corrected chi connectivity index (χ4v) is 3.40. The molecule has 1 aromatic heterocycles. The van der Waals surface area contributed by atoms with E-state index < -0.39 is 0 Å². The summed E-state index contributed by atoms with van der Waals surface area (Å²) in [6.07, 6.45) is 2.39. The molecule has 1 heterocycles. The topological polar surface area (TPSA) is 38.1 Å². The van der Waals surface area contributed by atoms with Crippen molar-refractivity contribution in [3.8, 4) is 0 Å². The predicted octanol–water partition coefficient (Wildman–Crippen LogP) is 4.19. The van der Waals surface area contributed by atoms with Crippen LogP contribution in [0.15, 0.2) is 28.8 Å². The van der Waals surface area contributed by atoms with Gasteiger partial charge in [0.25, 0.3) is 0 Å². The monoisotopic (exact) mass is 284 g/mol. The van der Waals surface area contributed by atoms with Crippen LogP contribution in [0.5, 0.6) is 0 Å². The van der Waals surface area contributed by atoms with Gasteiger partial charge in [-0.3, -0.25) is 0 Å². The lowest BCUT2D eigenvalue weighted by molar-refractivity contribution is 0.356. The molecule has 0 saturated heterocycles. The first kappa shape index (κ1) is 14.3. The van der Waals surface area contributed by atoms with Gasteiger partial charge in [0, 0.05) is 18.2 Å². The molecule has 3 nitrogen and oxygen atoms in total. The minimum atomic E-state index is 0.276. The van der Waals surface area contributed by atoms with Crippen LogP contribution in [0, 0.1) is 13.8 Å². The number of hydrogen-bond donors (Lipinski definition) is 1. The maximum atomic E-state index is 5.25. The predicted molar refractivity (Wildman–Crippen MR) is 84.3 cm³/mol. The number of nitrogens with one attached hydrogen (secondary N) is 1. The van der Waals surface area contributed by atoms with E-state index in [2.05, 4.69) is 48.6 Å². The van der Waals surface area contributed by atoms with Crippen LogP contribution in [-0.4, -0.2) is 5.16 Å². The van der Waals surface area contributed by atoms with E-state index in [1.165, 1.54) is 29.5 Å². The fraction of sp³-hybridized carbons (Fsp3) is 0.500. The average molecular weight is 284 g/mol. The Hall–Kier alpha value is -1.61. The van der Waals surface area contributed by atoms with Gasteiger partial charge in [-0.15, -0.1) is 0 Å². The van der Waals surface area contributed by atoms with Crippen molar-refractivity contribution in [1.29, 1.82) is 0 Å². The van der Waals surface area contributed by atoms with E-state index in [-0.39, 0.29) is 5.41 Å². The van der Waals surface area contributed by atoms with Crippen LogP contribution in [-0.2, 0) is 12.0 Å². The van der Waals surface area contributed by atoms with Crippen LogP contribution in [0.2, 0.25) is 0 Å². The largest absolute Gasteiger partial charge is 0.361 e. The number of aromatic nitrogens is 1. The molecular formula is C18H24N2O. The Morgan fingerprint density at radius 1 is 1.29 bits per heavy atom. The van der Waals surface area contributed by atoms with Gasteiger partial charge in [-0.2, -0.15) is 0 Å². The molecule has 0 spiro atoms. The number of rotatable bonds is 3. The lowest BCUT2D eigenvalue weighted by atomic mass is 9.71. The highest BCUT2D eigenvalue weighted by molar-refractivity contribution is 5.38. The molecule has 0 aliphatic heterocycles. The molecule has 0 fully saturated rings. The van der Waals surface area contributed by atoms with Gasteiger partial charge in [-0.25, -0.2) is 0 Å². The molecule has 3 rings (SSSR count). The van der Waals surface area contributed by atoms with Crippen LogP contribution in [0.25, 0.3) is 0 Å². The second-order valence-electron chi connectivity index (χ2n) is 6.75. The molecule has 0 bridgehead atoms. The number of fused-ring (bicyclic) bond motifs is 1. The Labute approximate surface area is 126 Å². The van der Waals surface area contributed by atoms with Crippen LogP contribution >= 0.6 is 0 Å². The number of hydrogen-bond acceptors (Lipinski definition) is 3. The van der Waals surface area contributed by atoms with Crippen molar-refractivity contribution in [2.45, 2.75) is 58.5 Å². The van der Waals surface area contributed by atoms with Crippen molar-refractivity contribution in [1.82, 2.24) is 10.5 Å². The molecule has 0 radical (unpaired) electrons. The molecule has 21 heavy (non-hydrogen) atoms. The second-order valence-corrected chi connectivity index (χ2v) is 6.75. The van der Waals surface area contributed by atoms with Crippen molar-refractivity contribution in [2.75, 3.05) is 0 Å². The highest BCUT2D eigenvalue weighted by Gasteiger charge is 2.32. The van der Waals surface area contributed by atoms with Gasteiger partial charge in [0.05, 0.1) is 5.69 Å². The Kier molecular flexibility index (Phi) is 3.62. The van der Waals surface area contributed by atoms with Crippen LogP contribution in [0.1, 0.15) is 60.9 Å². The molecule has 3 heteroatoms. The zero-order valence-electron chi connectivity index (χ0n) is 13.4. The van der Waals surface area contributed by atoms with Gasteiger partial charge in [-0.1, -0.05) is 43.3 Å². The van der Waals surface area contributed by atoms with Gasteiger partial charge in [0.2, 0.25) is 0 Å². The van der Waals surface area contributed by atoms with Gasteiger partial charge >= 0.3 is 0 Å². The van der Waals surface area contributed by atoms with E-state index in [4.69, 9.17) is 4.52 Å². The lowest BCUT2D eigenvalue weighted by Crippen LogP contribution is -2.32. The molecule has 1 aliphatic rings. The molecule has 1 aromatic carbocycles. The first-order valence-corrected chi connectivity index (χ1v) is 7.73. The molecule has 1 atom stereocenters. The van der Waals surface area contributed by atoms with Gasteiger partial charge in [0.15, 0.2) is 0 Å². The van der Waals surface area contributed by atoms with E-state index in [0.717, 1.165) is 18.0 Å². The van der Waals surface area contributed by atoms with E-state index in [1.807, 2.05) is 13.8 Å². The smallest absolute Gasteiger partial charge is 0.138 e. The highest BCUT2D eigenvalue weighted by Crippen LogP contribution is 2.41. The van der Waals surface area contributed by atoms with Crippen LogP contribution in [0.4, 0.5) is 0 Å². The Balaban J connectivity index is 1.81. The van der Waals surface area contributed by atoms with Crippen molar-refractivity contribution in [2.24, 2.45) is 0 Å². The van der Waals surface area contributed by atoms with Crippen molar-refractivity contribution < 1.29 is 4.52 Å². The molecule has 0 saturated carbocycles.